The van der Waals surface area contributed by atoms with Gasteiger partial charge in [0.05, 0.1) is 16.8 Å². The highest BCUT2D eigenvalue weighted by molar-refractivity contribution is 5.95. The van der Waals surface area contributed by atoms with Crippen LogP contribution < -0.4 is 0 Å². The van der Waals surface area contributed by atoms with Crippen molar-refractivity contribution in [1.82, 2.24) is 29.8 Å². The molecule has 0 bridgehead atoms. The van der Waals surface area contributed by atoms with E-state index in [-0.39, 0.29) is 17.6 Å². The Hall–Kier alpha value is -4.03. The summed E-state index contributed by atoms with van der Waals surface area (Å²) in [5.74, 6) is -0.875. The van der Waals surface area contributed by atoms with Gasteiger partial charge in [-0.2, -0.15) is 35.7 Å². The van der Waals surface area contributed by atoms with E-state index in [1.54, 1.807) is 30.3 Å². The predicted octanol–water partition coefficient (Wildman–Crippen LogP) is 4.76. The lowest BCUT2D eigenvalue weighted by Crippen LogP contribution is -2.11. The minimum atomic E-state index is -5.02. The number of aromatic nitrogens is 6. The molecule has 170 valence electrons. The van der Waals surface area contributed by atoms with Crippen LogP contribution in [0.5, 0.6) is 0 Å². The lowest BCUT2D eigenvalue weighted by Gasteiger charge is -2.13. The Morgan fingerprint density at radius 1 is 0.909 bits per heavy atom. The molecule has 2 heterocycles. The summed E-state index contributed by atoms with van der Waals surface area (Å²) < 4.78 is 81.4. The van der Waals surface area contributed by atoms with Crippen LogP contribution in [-0.4, -0.2) is 35.5 Å². The number of ketones is 1. The molecule has 0 saturated heterocycles. The van der Waals surface area contributed by atoms with Crippen molar-refractivity contribution in [1.29, 1.82) is 0 Å². The quantitative estimate of drug-likeness (QED) is 0.320. The van der Waals surface area contributed by atoms with Crippen LogP contribution in [0.4, 0.5) is 26.3 Å². The van der Waals surface area contributed by atoms with Crippen LogP contribution in [0.2, 0.25) is 0 Å². The molecule has 4 rings (SSSR count). The summed E-state index contributed by atoms with van der Waals surface area (Å²) in [4.78, 5) is 15.9. The first-order valence-corrected chi connectivity index (χ1v) is 9.19. The van der Waals surface area contributed by atoms with Gasteiger partial charge in [0, 0.05) is 12.5 Å². The van der Waals surface area contributed by atoms with E-state index in [1.165, 1.54) is 11.6 Å². The molecule has 7 nitrogen and oxygen atoms in total. The van der Waals surface area contributed by atoms with Gasteiger partial charge in [0.15, 0.2) is 23.1 Å². The number of carbonyl (C=O) groups excluding carboxylic acids is 1. The van der Waals surface area contributed by atoms with Crippen molar-refractivity contribution in [3.8, 4) is 22.9 Å². The Bertz CT molecular complexity index is 1290. The third-order valence-corrected chi connectivity index (χ3v) is 4.54. The van der Waals surface area contributed by atoms with E-state index in [4.69, 9.17) is 0 Å². The number of halogens is 6. The summed E-state index contributed by atoms with van der Waals surface area (Å²) in [5.41, 5.74) is -3.12. The number of alkyl halides is 6. The van der Waals surface area contributed by atoms with Gasteiger partial charge in [0.1, 0.15) is 6.33 Å². The van der Waals surface area contributed by atoms with E-state index >= 15 is 0 Å². The van der Waals surface area contributed by atoms with E-state index in [0.29, 0.717) is 17.8 Å². The standard InChI is InChI=1S/C20H12F6N6O/c1-11(33)16-18(32(30-28-16)15-5-3-2-4-6-15)31-10-27-17(29-31)12-7-13(19(21,22)23)9-14(8-12)20(24,25)26/h2-10H,1H3. The molecule has 0 aliphatic rings. The molecule has 0 unspecified atom stereocenters. The highest BCUT2D eigenvalue weighted by Gasteiger charge is 2.37. The normalized spacial score (nSPS) is 12.2. The smallest absolute Gasteiger partial charge is 0.293 e. The minimum absolute atomic E-state index is 0.0166. The molecule has 0 spiro atoms. The molecule has 0 aliphatic heterocycles. The molecular formula is C20H12F6N6O. The largest absolute Gasteiger partial charge is 0.416 e. The molecular weight excluding hydrogens is 454 g/mol. The number of Topliss-reactive ketones (excluding diaryl/α,β-unsaturated/α-hetero) is 1. The van der Waals surface area contributed by atoms with Gasteiger partial charge in [-0.25, -0.2) is 4.98 Å². The molecule has 0 saturated carbocycles. The van der Waals surface area contributed by atoms with Crippen molar-refractivity contribution in [2.45, 2.75) is 19.3 Å². The molecule has 0 radical (unpaired) electrons. The van der Waals surface area contributed by atoms with Gasteiger partial charge in [0.25, 0.3) is 0 Å². The number of carbonyl (C=O) groups is 1. The molecule has 2 aromatic heterocycles. The predicted molar refractivity (Wildman–Crippen MR) is 102 cm³/mol. The van der Waals surface area contributed by atoms with Gasteiger partial charge in [-0.1, -0.05) is 23.4 Å². The third-order valence-electron chi connectivity index (χ3n) is 4.54. The zero-order valence-corrected chi connectivity index (χ0v) is 16.6. The van der Waals surface area contributed by atoms with Gasteiger partial charge in [-0.3, -0.25) is 4.79 Å². The Balaban J connectivity index is 1.87. The number of nitrogens with zero attached hydrogens (tertiary/aromatic N) is 6. The van der Waals surface area contributed by atoms with Crippen molar-refractivity contribution in [3.05, 3.63) is 71.7 Å². The highest BCUT2D eigenvalue weighted by Crippen LogP contribution is 2.38. The second-order valence-corrected chi connectivity index (χ2v) is 6.87. The molecule has 0 N–H and O–H groups in total. The maximum atomic E-state index is 13.2. The minimum Gasteiger partial charge on any atom is -0.293 e. The monoisotopic (exact) mass is 466 g/mol. The van der Waals surface area contributed by atoms with Crippen LogP contribution in [0.3, 0.4) is 0 Å². The number of rotatable bonds is 4. The summed E-state index contributed by atoms with van der Waals surface area (Å²) >= 11 is 0. The summed E-state index contributed by atoms with van der Waals surface area (Å²) in [7, 11) is 0. The number of hydrogen-bond acceptors (Lipinski definition) is 5. The Morgan fingerprint density at radius 3 is 2.06 bits per heavy atom. The van der Waals surface area contributed by atoms with E-state index in [2.05, 4.69) is 20.4 Å². The first kappa shape index (κ1) is 22.2. The van der Waals surface area contributed by atoms with Crippen LogP contribution in [0.1, 0.15) is 28.5 Å². The van der Waals surface area contributed by atoms with Crippen LogP contribution in [0.15, 0.2) is 54.9 Å². The maximum Gasteiger partial charge on any atom is 0.416 e. The fourth-order valence-electron chi connectivity index (χ4n) is 3.03. The summed E-state index contributed by atoms with van der Waals surface area (Å²) in [6, 6.07) is 9.50. The zero-order valence-electron chi connectivity index (χ0n) is 16.6. The fourth-order valence-corrected chi connectivity index (χ4v) is 3.03. The Labute approximate surface area is 181 Å². The van der Waals surface area contributed by atoms with Crippen LogP contribution in [0.25, 0.3) is 22.9 Å². The van der Waals surface area contributed by atoms with Gasteiger partial charge < -0.3 is 0 Å². The van der Waals surface area contributed by atoms with E-state index < -0.39 is 40.7 Å². The van der Waals surface area contributed by atoms with Gasteiger partial charge >= 0.3 is 12.4 Å². The molecule has 0 fully saturated rings. The first-order chi connectivity index (χ1) is 15.4. The molecule has 0 atom stereocenters. The summed E-state index contributed by atoms with van der Waals surface area (Å²) in [6.45, 7) is 1.23. The SMILES string of the molecule is CC(=O)c1nnn(-c2ccccc2)c1-n1cnc(-c2cc(C(F)(F)F)cc(C(F)(F)F)c2)n1. The zero-order chi connectivity index (χ0) is 24.0. The second-order valence-electron chi connectivity index (χ2n) is 6.87. The average Bonchev–Trinajstić information content (AvgIpc) is 3.40. The van der Waals surface area contributed by atoms with Crippen molar-refractivity contribution < 1.29 is 31.1 Å². The van der Waals surface area contributed by atoms with Gasteiger partial charge in [-0.15, -0.1) is 10.2 Å². The Morgan fingerprint density at radius 2 is 1.52 bits per heavy atom. The molecule has 0 amide bonds. The summed E-state index contributed by atoms with van der Waals surface area (Å²) in [6.07, 6.45) is -8.99. The first-order valence-electron chi connectivity index (χ1n) is 9.19. The lowest BCUT2D eigenvalue weighted by molar-refractivity contribution is -0.143. The molecule has 33 heavy (non-hydrogen) atoms. The maximum absolute atomic E-state index is 13.2. The molecule has 0 aliphatic carbocycles. The molecule has 13 heteroatoms. The van der Waals surface area contributed by atoms with Crippen molar-refractivity contribution in [2.24, 2.45) is 0 Å². The summed E-state index contributed by atoms with van der Waals surface area (Å²) in [5, 5.41) is 11.8. The van der Waals surface area contributed by atoms with Gasteiger partial charge in [-0.05, 0) is 30.3 Å². The third kappa shape index (κ3) is 4.33. The van der Waals surface area contributed by atoms with Crippen molar-refractivity contribution >= 4 is 5.78 Å². The number of benzene rings is 2. The fraction of sp³-hybridized carbons (Fsp3) is 0.150. The van der Waals surface area contributed by atoms with Gasteiger partial charge in [0.2, 0.25) is 0 Å². The van der Waals surface area contributed by atoms with E-state index in [0.717, 1.165) is 11.0 Å². The molecule has 2 aromatic carbocycles. The Kier molecular flexibility index (Phi) is 5.26. The average molecular weight is 466 g/mol. The second kappa shape index (κ2) is 7.83. The van der Waals surface area contributed by atoms with Crippen LogP contribution in [-0.2, 0) is 12.4 Å². The molecule has 4 aromatic rings. The highest BCUT2D eigenvalue weighted by atomic mass is 19.4. The number of para-hydroxylation sites is 1. The topological polar surface area (TPSA) is 78.5 Å². The lowest BCUT2D eigenvalue weighted by atomic mass is 10.0. The van der Waals surface area contributed by atoms with E-state index in [1.807, 2.05) is 0 Å². The van der Waals surface area contributed by atoms with Crippen molar-refractivity contribution in [2.75, 3.05) is 0 Å². The van der Waals surface area contributed by atoms with Crippen molar-refractivity contribution in [3.63, 3.8) is 0 Å². The van der Waals surface area contributed by atoms with E-state index in [9.17, 15) is 31.1 Å². The van der Waals surface area contributed by atoms with Crippen LogP contribution in [0, 0.1) is 0 Å². The van der Waals surface area contributed by atoms with Crippen LogP contribution >= 0.6 is 0 Å². The number of hydrogen-bond donors (Lipinski definition) is 0.